The van der Waals surface area contributed by atoms with Crippen molar-refractivity contribution in [1.29, 1.82) is 0 Å². The first-order valence-electron chi connectivity index (χ1n) is 31.2. The van der Waals surface area contributed by atoms with Crippen LogP contribution in [-0.4, -0.2) is 147 Å². The zero-order valence-corrected chi connectivity index (χ0v) is 53.4. The number of likely N-dealkylation sites (tertiary alicyclic amines) is 1. The molecule has 0 aliphatic carbocycles. The number of carboxylic acids is 1. The molecule has 10 atom stereocenters. The Morgan fingerprint density at radius 2 is 0.978 bits per heavy atom. The third kappa shape index (κ3) is 21.5. The number of para-hydroxylation sites is 1. The second kappa shape index (κ2) is 34.3. The Hall–Kier alpha value is -8.67. The molecular weight excluding hydrogens is 1150 g/mol. The number of aromatic nitrogens is 1. The third-order valence-electron chi connectivity index (χ3n) is 15.8. The van der Waals surface area contributed by atoms with Gasteiger partial charge in [0.2, 0.25) is 59.1 Å². The van der Waals surface area contributed by atoms with Crippen LogP contribution in [0.4, 0.5) is 0 Å². The minimum atomic E-state index is -1.55. The van der Waals surface area contributed by atoms with Gasteiger partial charge in [-0.2, -0.15) is 0 Å². The highest BCUT2D eigenvalue weighted by Crippen LogP contribution is 2.23. The van der Waals surface area contributed by atoms with Crippen LogP contribution in [0.5, 0.6) is 0 Å². The van der Waals surface area contributed by atoms with Crippen molar-refractivity contribution in [1.82, 2.24) is 52.4 Å². The smallest absolute Gasteiger partial charge is 0.326 e. The van der Waals surface area contributed by atoms with E-state index in [0.29, 0.717) is 34.9 Å². The van der Waals surface area contributed by atoms with E-state index in [9.17, 15) is 57.8 Å². The standard InChI is InChI=1S/C66H94N12O12/c1-36(2)30-45(67)57(80)71-48(31-37(3)4)60(83)76-55(39(7)8)65(88)78-29-19-26-52(78)63(86)74-50(33-42-22-15-12-16-23-42)61(84)75-54(38(5)6)64(87)70-47(27-28-53(68)79)58(81)73-51(34-43-35-69-46-25-18-17-24-44(43)46)59(82)72-49(32-41-20-13-11-14-21-41)62(85)77-56(40(9)10)66(89)90/h11-18,20-25,35-40,45,47-52,54-56,69H,19,26-34,67H2,1-10H3,(H2,68,79)(H,70,87)(H,71,80)(H,72,82)(H,73,81)(H,74,86)(H,75,84)(H,76,83)(H,77,85)(H,89,90)/t45-,47-,48-,49-,50-,51-,52-,54-,55-,56-/m0/s1. The Morgan fingerprint density at radius 3 is 1.51 bits per heavy atom. The van der Waals surface area contributed by atoms with E-state index < -0.39 is 150 Å². The number of aromatic amines is 1. The summed E-state index contributed by atoms with van der Waals surface area (Å²) in [7, 11) is 0. The number of benzene rings is 3. The minimum absolute atomic E-state index is 0.0176. The monoisotopic (exact) mass is 1250 g/mol. The van der Waals surface area contributed by atoms with Crippen molar-refractivity contribution in [2.45, 2.75) is 187 Å². The molecule has 24 nitrogen and oxygen atoms in total. The van der Waals surface area contributed by atoms with E-state index in [1.165, 1.54) is 4.90 Å². The van der Waals surface area contributed by atoms with Crippen molar-refractivity contribution in [2.75, 3.05) is 6.54 Å². The number of amides is 10. The van der Waals surface area contributed by atoms with Crippen LogP contribution in [0.3, 0.4) is 0 Å². The van der Waals surface area contributed by atoms with E-state index >= 15 is 0 Å². The van der Waals surface area contributed by atoms with E-state index in [-0.39, 0.29) is 56.9 Å². The van der Waals surface area contributed by atoms with Crippen molar-refractivity contribution >= 4 is 75.9 Å². The predicted octanol–water partition coefficient (Wildman–Crippen LogP) is 2.80. The summed E-state index contributed by atoms with van der Waals surface area (Å²) < 4.78 is 0. The fourth-order valence-electron chi connectivity index (χ4n) is 10.9. The van der Waals surface area contributed by atoms with Gasteiger partial charge in [0.05, 0.1) is 6.04 Å². The molecule has 5 rings (SSSR count). The zero-order chi connectivity index (χ0) is 66.5. The fourth-order valence-corrected chi connectivity index (χ4v) is 10.9. The maximum Gasteiger partial charge on any atom is 0.326 e. The molecule has 0 radical (unpaired) electrons. The number of nitrogens with two attached hydrogens (primary N) is 2. The van der Waals surface area contributed by atoms with E-state index in [0.717, 1.165) is 5.52 Å². The van der Waals surface area contributed by atoms with Crippen LogP contribution in [0.15, 0.2) is 91.1 Å². The number of hydrogen-bond donors (Lipinski definition) is 12. The number of carbonyl (C=O) groups is 11. The molecule has 1 fully saturated rings. The van der Waals surface area contributed by atoms with Crippen molar-refractivity contribution < 1.29 is 57.8 Å². The fraction of sp³-hybridized carbons (Fsp3) is 0.530. The molecule has 1 aromatic heterocycles. The van der Waals surface area contributed by atoms with Crippen LogP contribution in [0.1, 0.15) is 124 Å². The molecule has 2 heterocycles. The van der Waals surface area contributed by atoms with Gasteiger partial charge in [-0.1, -0.05) is 148 Å². The lowest BCUT2D eigenvalue weighted by Crippen LogP contribution is -2.62. The molecular formula is C66H94N12O12. The number of rotatable bonds is 34. The summed E-state index contributed by atoms with van der Waals surface area (Å²) in [6, 6.07) is 12.3. The number of primary amides is 1. The lowest BCUT2D eigenvalue weighted by atomic mass is 9.98. The third-order valence-corrected chi connectivity index (χ3v) is 15.8. The SMILES string of the molecule is CC(C)C[C@H](NC(=O)[C@@H](N)CC(C)C)C(=O)N[C@H](C(=O)N1CCC[C@H]1C(=O)N[C@@H](Cc1ccccc1)C(=O)N[C@H](C(=O)N[C@@H](CCC(N)=O)C(=O)N[C@@H](Cc1c[nH]c2ccccc12)C(=O)N[C@@H](Cc1ccccc1)C(=O)N[C@H](C(=O)O)C(C)C)C(C)C)C(C)C. The molecule has 3 aromatic carbocycles. The van der Waals surface area contributed by atoms with Gasteiger partial charge in [0.1, 0.15) is 54.4 Å². The van der Waals surface area contributed by atoms with Gasteiger partial charge in [-0.3, -0.25) is 47.9 Å². The summed E-state index contributed by atoms with van der Waals surface area (Å²) in [6.45, 7) is 17.9. The Morgan fingerprint density at radius 1 is 0.522 bits per heavy atom. The summed E-state index contributed by atoms with van der Waals surface area (Å²) in [5.74, 6) is -10.1. The molecule has 0 bridgehead atoms. The van der Waals surface area contributed by atoms with E-state index in [4.69, 9.17) is 11.5 Å². The summed E-state index contributed by atoms with van der Waals surface area (Å²) in [4.78, 5) is 158. The minimum Gasteiger partial charge on any atom is -0.480 e. The van der Waals surface area contributed by atoms with Gasteiger partial charge < -0.3 is 69.0 Å². The van der Waals surface area contributed by atoms with Gasteiger partial charge in [-0.05, 0) is 84.5 Å². The Balaban J connectivity index is 1.39. The van der Waals surface area contributed by atoms with Crippen LogP contribution in [0.2, 0.25) is 0 Å². The van der Waals surface area contributed by atoms with Gasteiger partial charge in [0.25, 0.3) is 0 Å². The number of fused-ring (bicyclic) bond motifs is 1. The molecule has 0 saturated carbocycles. The second-order valence-electron chi connectivity index (χ2n) is 25.3. The first-order valence-corrected chi connectivity index (χ1v) is 31.2. The Labute approximate surface area is 527 Å². The molecule has 0 spiro atoms. The van der Waals surface area contributed by atoms with E-state index in [2.05, 4.69) is 47.5 Å². The molecule has 24 heteroatoms. The van der Waals surface area contributed by atoms with Crippen molar-refractivity contribution in [3.63, 3.8) is 0 Å². The van der Waals surface area contributed by atoms with E-state index in [1.807, 2.05) is 45.9 Å². The molecule has 14 N–H and O–H groups in total. The summed E-state index contributed by atoms with van der Waals surface area (Å²) in [5.41, 5.74) is 14.3. The Bertz CT molecular complexity index is 3120. The number of aliphatic carboxylic acids is 1. The second-order valence-corrected chi connectivity index (χ2v) is 25.3. The number of nitrogens with one attached hydrogen (secondary N) is 9. The van der Waals surface area contributed by atoms with Crippen LogP contribution < -0.4 is 54.0 Å². The Kier molecular flexibility index (Phi) is 27.5. The number of carbonyl (C=O) groups excluding carboxylic acids is 10. The summed E-state index contributed by atoms with van der Waals surface area (Å²) >= 11 is 0. The largest absolute Gasteiger partial charge is 0.480 e. The van der Waals surface area contributed by atoms with Gasteiger partial charge in [-0.25, -0.2) is 4.79 Å². The molecule has 0 unspecified atom stereocenters. The number of carboxylic acid groups (broad SMARTS) is 1. The first-order chi connectivity index (χ1) is 42.5. The zero-order valence-electron chi connectivity index (χ0n) is 53.4. The average molecular weight is 1250 g/mol. The van der Waals surface area contributed by atoms with Crippen LogP contribution >= 0.6 is 0 Å². The van der Waals surface area contributed by atoms with Crippen molar-refractivity contribution in [2.24, 2.45) is 41.1 Å². The topological polar surface area (TPSA) is 375 Å². The van der Waals surface area contributed by atoms with Crippen LogP contribution in [0.25, 0.3) is 10.9 Å². The lowest BCUT2D eigenvalue weighted by Gasteiger charge is -2.33. The summed E-state index contributed by atoms with van der Waals surface area (Å²) in [6.07, 6.45) is 1.93. The maximum atomic E-state index is 14.7. The molecule has 1 saturated heterocycles. The predicted molar refractivity (Wildman–Crippen MR) is 340 cm³/mol. The highest BCUT2D eigenvalue weighted by atomic mass is 16.4. The number of nitrogens with zero attached hydrogens (tertiary/aromatic N) is 1. The van der Waals surface area contributed by atoms with Gasteiger partial charge >= 0.3 is 5.97 Å². The molecule has 1 aliphatic heterocycles. The number of hydrogen-bond acceptors (Lipinski definition) is 12. The van der Waals surface area contributed by atoms with Gasteiger partial charge in [0.15, 0.2) is 0 Å². The highest BCUT2D eigenvalue weighted by molar-refractivity contribution is 5.99. The van der Waals surface area contributed by atoms with E-state index in [1.54, 1.807) is 114 Å². The highest BCUT2D eigenvalue weighted by Gasteiger charge is 2.42. The molecule has 1 aliphatic rings. The van der Waals surface area contributed by atoms with Crippen LogP contribution in [-0.2, 0) is 72.0 Å². The molecule has 10 amide bonds. The first kappa shape index (κ1) is 72.1. The quantitative estimate of drug-likeness (QED) is 0.0321. The molecule has 490 valence electrons. The van der Waals surface area contributed by atoms with Gasteiger partial charge in [0, 0.05) is 49.3 Å². The van der Waals surface area contributed by atoms with Crippen LogP contribution in [0, 0.1) is 29.6 Å². The number of H-pyrrole nitrogens is 1. The lowest BCUT2D eigenvalue weighted by molar-refractivity contribution is -0.143. The average Bonchev–Trinajstić information content (AvgIpc) is 2.02. The molecule has 90 heavy (non-hydrogen) atoms. The normalized spacial score (nSPS) is 16.2. The maximum absolute atomic E-state index is 14.7. The summed E-state index contributed by atoms with van der Waals surface area (Å²) in [5, 5.41) is 32.6. The van der Waals surface area contributed by atoms with Crippen molar-refractivity contribution in [3.8, 4) is 0 Å². The molecule has 4 aromatic rings. The van der Waals surface area contributed by atoms with Gasteiger partial charge in [-0.15, -0.1) is 0 Å². The van der Waals surface area contributed by atoms with Crippen molar-refractivity contribution in [3.05, 3.63) is 108 Å².